The Morgan fingerprint density at radius 1 is 1.45 bits per heavy atom. The van der Waals surface area contributed by atoms with E-state index in [1.54, 1.807) is 6.92 Å². The maximum absolute atomic E-state index is 13.6. The maximum Gasteiger partial charge on any atom is 0.304 e. The Hall–Kier alpha value is -1.47. The van der Waals surface area contributed by atoms with Crippen molar-refractivity contribution in [3.8, 4) is 0 Å². The molecular weight excluding hydrogens is 285 g/mol. The third-order valence-electron chi connectivity index (χ3n) is 2.76. The number of hydrogen-bond donors (Lipinski definition) is 2. The first-order chi connectivity index (χ1) is 9.26. The first kappa shape index (κ1) is 16.6. The zero-order chi connectivity index (χ0) is 15.3. The number of hydrogen-bond acceptors (Lipinski definition) is 3. The number of nitrogens with one attached hydrogen (secondary N) is 1. The fraction of sp³-hybridized carbons (Fsp3) is 0.462. The summed E-state index contributed by atoms with van der Waals surface area (Å²) in [7, 11) is -4.07. The van der Waals surface area contributed by atoms with Crippen LogP contribution in [0.3, 0.4) is 0 Å². The lowest BCUT2D eigenvalue weighted by atomic mass is 10.1. The lowest BCUT2D eigenvalue weighted by Gasteiger charge is -2.16. The van der Waals surface area contributed by atoms with E-state index in [4.69, 9.17) is 5.11 Å². The second kappa shape index (κ2) is 6.81. The van der Waals surface area contributed by atoms with E-state index in [1.165, 1.54) is 12.1 Å². The molecule has 0 spiro atoms. The molecule has 0 aliphatic carbocycles. The molecule has 0 saturated carbocycles. The molecule has 0 fully saturated rings. The van der Waals surface area contributed by atoms with Gasteiger partial charge in [0, 0.05) is 6.04 Å². The SMILES string of the molecule is CCCC(CC(=O)O)NS(=O)(=O)c1cc(C)ccc1F. The van der Waals surface area contributed by atoms with Crippen LogP contribution >= 0.6 is 0 Å². The Balaban J connectivity index is 3.02. The Bertz CT molecular complexity index is 586. The smallest absolute Gasteiger partial charge is 0.304 e. The van der Waals surface area contributed by atoms with Crippen molar-refractivity contribution in [1.82, 2.24) is 4.72 Å². The van der Waals surface area contributed by atoms with Crippen LogP contribution in [0.15, 0.2) is 23.1 Å². The number of carboxylic acid groups (broad SMARTS) is 1. The van der Waals surface area contributed by atoms with Gasteiger partial charge in [-0.1, -0.05) is 19.4 Å². The summed E-state index contributed by atoms with van der Waals surface area (Å²) in [5, 5.41) is 8.77. The van der Waals surface area contributed by atoms with Gasteiger partial charge in [-0.25, -0.2) is 17.5 Å². The molecule has 0 bridgehead atoms. The van der Waals surface area contributed by atoms with Crippen LogP contribution in [-0.4, -0.2) is 25.5 Å². The van der Waals surface area contributed by atoms with Crippen LogP contribution < -0.4 is 4.72 Å². The number of carbonyl (C=O) groups is 1. The molecule has 0 amide bonds. The summed E-state index contributed by atoms with van der Waals surface area (Å²) in [5.41, 5.74) is 0.608. The average Bonchev–Trinajstić information content (AvgIpc) is 2.31. The number of aryl methyl sites for hydroxylation is 1. The van der Waals surface area contributed by atoms with E-state index >= 15 is 0 Å². The maximum atomic E-state index is 13.6. The standard InChI is InChI=1S/C13H18FNO4S/c1-3-4-10(8-13(16)17)15-20(18,19)12-7-9(2)5-6-11(12)14/h5-7,10,15H,3-4,8H2,1-2H3,(H,16,17). The summed E-state index contributed by atoms with van der Waals surface area (Å²) in [6, 6.07) is 3.02. The molecule has 112 valence electrons. The van der Waals surface area contributed by atoms with Crippen molar-refractivity contribution >= 4 is 16.0 Å². The summed E-state index contributed by atoms with van der Waals surface area (Å²) in [6.07, 6.45) is 0.663. The van der Waals surface area contributed by atoms with Gasteiger partial charge in [0.1, 0.15) is 10.7 Å². The number of aliphatic carboxylic acids is 1. The van der Waals surface area contributed by atoms with E-state index in [-0.39, 0.29) is 6.42 Å². The van der Waals surface area contributed by atoms with Crippen molar-refractivity contribution in [2.45, 2.75) is 44.0 Å². The number of carboxylic acids is 1. The highest BCUT2D eigenvalue weighted by Crippen LogP contribution is 2.17. The van der Waals surface area contributed by atoms with E-state index in [2.05, 4.69) is 4.72 Å². The van der Waals surface area contributed by atoms with Gasteiger partial charge in [-0.05, 0) is 31.0 Å². The molecule has 20 heavy (non-hydrogen) atoms. The minimum atomic E-state index is -4.07. The molecule has 0 aliphatic rings. The van der Waals surface area contributed by atoms with Crippen LogP contribution in [0.25, 0.3) is 0 Å². The second-order valence-corrected chi connectivity index (χ2v) is 6.32. The van der Waals surface area contributed by atoms with E-state index in [1.807, 2.05) is 6.92 Å². The fourth-order valence-corrected chi connectivity index (χ4v) is 3.29. The van der Waals surface area contributed by atoms with Gasteiger partial charge in [0.05, 0.1) is 6.42 Å². The summed E-state index contributed by atoms with van der Waals surface area (Å²) >= 11 is 0. The van der Waals surface area contributed by atoms with Crippen molar-refractivity contribution in [2.75, 3.05) is 0 Å². The Labute approximate surface area is 117 Å². The number of halogens is 1. The Morgan fingerprint density at radius 3 is 2.65 bits per heavy atom. The van der Waals surface area contributed by atoms with Gasteiger partial charge in [0.25, 0.3) is 0 Å². The van der Waals surface area contributed by atoms with Crippen molar-refractivity contribution in [1.29, 1.82) is 0 Å². The summed E-state index contributed by atoms with van der Waals surface area (Å²) in [5.74, 6) is -1.95. The largest absolute Gasteiger partial charge is 0.481 e. The van der Waals surface area contributed by atoms with Crippen LogP contribution in [0.1, 0.15) is 31.7 Å². The number of rotatable bonds is 7. The van der Waals surface area contributed by atoms with E-state index < -0.39 is 32.7 Å². The van der Waals surface area contributed by atoms with Crippen molar-refractivity contribution < 1.29 is 22.7 Å². The van der Waals surface area contributed by atoms with E-state index in [9.17, 15) is 17.6 Å². The van der Waals surface area contributed by atoms with Gasteiger partial charge in [-0.3, -0.25) is 4.79 Å². The average molecular weight is 303 g/mol. The van der Waals surface area contributed by atoms with Crippen LogP contribution in [-0.2, 0) is 14.8 Å². The van der Waals surface area contributed by atoms with Crippen molar-refractivity contribution in [2.24, 2.45) is 0 Å². The summed E-state index contributed by atoms with van der Waals surface area (Å²) in [4.78, 5) is 10.3. The highest BCUT2D eigenvalue weighted by Gasteiger charge is 2.24. The molecule has 1 unspecified atom stereocenters. The van der Waals surface area contributed by atoms with Gasteiger partial charge >= 0.3 is 5.97 Å². The second-order valence-electron chi connectivity index (χ2n) is 4.64. The molecule has 5 nitrogen and oxygen atoms in total. The van der Waals surface area contributed by atoms with Gasteiger partial charge in [0.15, 0.2) is 0 Å². The molecular formula is C13H18FNO4S. The lowest BCUT2D eigenvalue weighted by Crippen LogP contribution is -2.36. The molecule has 2 N–H and O–H groups in total. The molecule has 1 aromatic carbocycles. The van der Waals surface area contributed by atoms with Gasteiger partial charge in [-0.2, -0.15) is 0 Å². The van der Waals surface area contributed by atoms with E-state index in [0.717, 1.165) is 6.07 Å². The molecule has 1 aromatic rings. The first-order valence-electron chi connectivity index (χ1n) is 6.26. The molecule has 0 heterocycles. The third kappa shape index (κ3) is 4.57. The van der Waals surface area contributed by atoms with Gasteiger partial charge < -0.3 is 5.11 Å². The lowest BCUT2D eigenvalue weighted by molar-refractivity contribution is -0.137. The fourth-order valence-electron chi connectivity index (χ4n) is 1.86. The van der Waals surface area contributed by atoms with Crippen LogP contribution in [0.2, 0.25) is 0 Å². The topological polar surface area (TPSA) is 83.5 Å². The zero-order valence-electron chi connectivity index (χ0n) is 11.4. The van der Waals surface area contributed by atoms with Crippen molar-refractivity contribution in [3.63, 3.8) is 0 Å². The molecule has 0 aliphatic heterocycles. The van der Waals surface area contributed by atoms with Gasteiger partial charge in [0.2, 0.25) is 10.0 Å². The minimum absolute atomic E-state index is 0.333. The molecule has 7 heteroatoms. The highest BCUT2D eigenvalue weighted by molar-refractivity contribution is 7.89. The predicted molar refractivity (Wildman–Crippen MR) is 72.4 cm³/mol. The van der Waals surface area contributed by atoms with Crippen molar-refractivity contribution in [3.05, 3.63) is 29.6 Å². The monoisotopic (exact) mass is 303 g/mol. The minimum Gasteiger partial charge on any atom is -0.481 e. The summed E-state index contributed by atoms with van der Waals surface area (Å²) < 4.78 is 40.1. The molecule has 0 saturated heterocycles. The van der Waals surface area contributed by atoms with Gasteiger partial charge in [-0.15, -0.1) is 0 Å². The molecule has 1 atom stereocenters. The van der Waals surface area contributed by atoms with Crippen LogP contribution in [0.5, 0.6) is 0 Å². The Kier molecular flexibility index (Phi) is 5.64. The number of sulfonamides is 1. The van der Waals surface area contributed by atoms with Crippen LogP contribution in [0, 0.1) is 12.7 Å². The number of benzene rings is 1. The molecule has 0 aromatic heterocycles. The quantitative estimate of drug-likeness (QED) is 0.807. The first-order valence-corrected chi connectivity index (χ1v) is 7.75. The Morgan fingerprint density at radius 2 is 2.10 bits per heavy atom. The summed E-state index contributed by atoms with van der Waals surface area (Å²) in [6.45, 7) is 3.47. The third-order valence-corrected chi connectivity index (χ3v) is 4.29. The highest BCUT2D eigenvalue weighted by atomic mass is 32.2. The zero-order valence-corrected chi connectivity index (χ0v) is 12.2. The predicted octanol–water partition coefficient (Wildman–Crippen LogP) is 2.06. The molecule has 0 radical (unpaired) electrons. The molecule has 1 rings (SSSR count). The normalized spacial score (nSPS) is 13.2. The van der Waals surface area contributed by atoms with E-state index in [0.29, 0.717) is 18.4 Å². The van der Waals surface area contributed by atoms with Crippen LogP contribution in [0.4, 0.5) is 4.39 Å².